The highest BCUT2D eigenvalue weighted by molar-refractivity contribution is 7.99. The van der Waals surface area contributed by atoms with Crippen LogP contribution in [-0.4, -0.2) is 5.75 Å². The Bertz CT molecular complexity index is 302. The maximum absolute atomic E-state index is 6.06. The summed E-state index contributed by atoms with van der Waals surface area (Å²) in [7, 11) is 0. The lowest BCUT2D eigenvalue weighted by Gasteiger charge is -2.04. The number of unbranched alkanes of at least 4 members (excludes halogenated alkanes) is 3. The van der Waals surface area contributed by atoms with Gasteiger partial charge in [0.05, 0.1) is 5.02 Å². The molecule has 1 aromatic carbocycles. The third kappa shape index (κ3) is 4.80. The van der Waals surface area contributed by atoms with Crippen LogP contribution in [0, 0.1) is 0 Å². The van der Waals surface area contributed by atoms with Crippen molar-refractivity contribution in [2.24, 2.45) is 0 Å². The first-order valence-corrected chi connectivity index (χ1v) is 6.78. The second-order valence-electron chi connectivity index (χ2n) is 3.60. The molecule has 0 fully saturated rings. The molecular weight excluding hydrogens is 226 g/mol. The van der Waals surface area contributed by atoms with Crippen molar-refractivity contribution in [3.63, 3.8) is 0 Å². The number of anilines is 1. The zero-order valence-corrected chi connectivity index (χ0v) is 10.7. The maximum Gasteiger partial charge on any atom is 0.0543 e. The number of rotatable bonds is 6. The van der Waals surface area contributed by atoms with Crippen LogP contribution in [0.25, 0.3) is 0 Å². The highest BCUT2D eigenvalue weighted by atomic mass is 35.5. The summed E-state index contributed by atoms with van der Waals surface area (Å²) in [6.07, 6.45) is 5.17. The second kappa shape index (κ2) is 7.02. The Balaban J connectivity index is 2.33. The fraction of sp³-hybridized carbons (Fsp3) is 0.500. The molecule has 0 unspecified atom stereocenters. The molecule has 0 aromatic heterocycles. The van der Waals surface area contributed by atoms with Crippen LogP contribution >= 0.6 is 23.4 Å². The molecule has 0 bridgehead atoms. The summed E-state index contributed by atoms with van der Waals surface area (Å²) in [5, 5.41) is 0.810. The summed E-state index contributed by atoms with van der Waals surface area (Å²) in [5.41, 5.74) is 6.49. The van der Waals surface area contributed by atoms with E-state index < -0.39 is 0 Å². The van der Waals surface area contributed by atoms with Crippen molar-refractivity contribution < 1.29 is 0 Å². The largest absolute Gasteiger partial charge is 0.399 e. The Kier molecular flexibility index (Phi) is 5.96. The molecule has 0 spiro atoms. The molecule has 0 saturated heterocycles. The van der Waals surface area contributed by atoms with Gasteiger partial charge in [-0.25, -0.2) is 0 Å². The summed E-state index contributed by atoms with van der Waals surface area (Å²) in [6.45, 7) is 2.22. The highest BCUT2D eigenvalue weighted by Crippen LogP contribution is 2.29. The van der Waals surface area contributed by atoms with Crippen molar-refractivity contribution in [2.75, 3.05) is 11.5 Å². The van der Waals surface area contributed by atoms with Gasteiger partial charge in [-0.1, -0.05) is 37.8 Å². The van der Waals surface area contributed by atoms with E-state index >= 15 is 0 Å². The van der Waals surface area contributed by atoms with Gasteiger partial charge in [-0.3, -0.25) is 0 Å². The normalized spacial score (nSPS) is 10.5. The first-order chi connectivity index (χ1) is 7.24. The highest BCUT2D eigenvalue weighted by Gasteiger charge is 2.01. The standard InChI is InChI=1S/C12H18ClNS/c1-2-3-4-5-8-15-12-9-10(14)6-7-11(12)13/h6-7,9H,2-5,8,14H2,1H3. The van der Waals surface area contributed by atoms with E-state index in [1.54, 1.807) is 11.8 Å². The molecule has 1 aromatic rings. The van der Waals surface area contributed by atoms with E-state index in [9.17, 15) is 0 Å². The van der Waals surface area contributed by atoms with Crippen molar-refractivity contribution in [3.8, 4) is 0 Å². The average molecular weight is 244 g/mol. The third-order valence-corrected chi connectivity index (χ3v) is 3.79. The van der Waals surface area contributed by atoms with Crippen LogP contribution in [-0.2, 0) is 0 Å². The second-order valence-corrected chi connectivity index (χ2v) is 5.14. The predicted molar refractivity (Wildman–Crippen MR) is 70.7 cm³/mol. The van der Waals surface area contributed by atoms with Crippen LogP contribution in [0.4, 0.5) is 5.69 Å². The molecule has 0 heterocycles. The molecule has 1 nitrogen and oxygen atoms in total. The number of nitrogen functional groups attached to an aromatic ring is 1. The molecule has 15 heavy (non-hydrogen) atoms. The summed E-state index contributed by atoms with van der Waals surface area (Å²) in [6, 6.07) is 5.65. The van der Waals surface area contributed by atoms with Crippen LogP contribution in [0.2, 0.25) is 5.02 Å². The third-order valence-electron chi connectivity index (χ3n) is 2.21. The van der Waals surface area contributed by atoms with Crippen LogP contribution in [0.1, 0.15) is 32.6 Å². The lowest BCUT2D eigenvalue weighted by molar-refractivity contribution is 0.706. The molecule has 0 aliphatic carbocycles. The molecule has 0 aliphatic heterocycles. The maximum atomic E-state index is 6.06. The molecule has 1 rings (SSSR count). The van der Waals surface area contributed by atoms with E-state index in [-0.39, 0.29) is 0 Å². The first-order valence-electron chi connectivity index (χ1n) is 5.42. The number of benzene rings is 1. The average Bonchev–Trinajstić information content (AvgIpc) is 2.23. The minimum absolute atomic E-state index is 0.787. The Morgan fingerprint density at radius 2 is 2.07 bits per heavy atom. The van der Waals surface area contributed by atoms with E-state index in [0.29, 0.717) is 0 Å². The summed E-state index contributed by atoms with van der Waals surface area (Å²) < 4.78 is 0. The van der Waals surface area contributed by atoms with Gasteiger partial charge in [0.15, 0.2) is 0 Å². The zero-order chi connectivity index (χ0) is 11.1. The van der Waals surface area contributed by atoms with Crippen molar-refractivity contribution in [1.29, 1.82) is 0 Å². The molecular formula is C12H18ClNS. The van der Waals surface area contributed by atoms with Crippen LogP contribution in [0.5, 0.6) is 0 Å². The van der Waals surface area contributed by atoms with Gasteiger partial charge >= 0.3 is 0 Å². The molecule has 3 heteroatoms. The number of hydrogen-bond acceptors (Lipinski definition) is 2. The van der Waals surface area contributed by atoms with Crippen molar-refractivity contribution >= 4 is 29.1 Å². The quantitative estimate of drug-likeness (QED) is 0.449. The van der Waals surface area contributed by atoms with E-state index in [1.165, 1.54) is 25.7 Å². The molecule has 0 saturated carbocycles. The monoisotopic (exact) mass is 243 g/mol. The van der Waals surface area contributed by atoms with Gasteiger partial charge in [0, 0.05) is 10.6 Å². The minimum Gasteiger partial charge on any atom is -0.399 e. The lowest BCUT2D eigenvalue weighted by Crippen LogP contribution is -1.86. The van der Waals surface area contributed by atoms with E-state index in [0.717, 1.165) is 21.4 Å². The Morgan fingerprint density at radius 3 is 2.80 bits per heavy atom. The van der Waals surface area contributed by atoms with Gasteiger partial charge in [0.2, 0.25) is 0 Å². The van der Waals surface area contributed by atoms with E-state index in [1.807, 2.05) is 18.2 Å². The number of halogens is 1. The van der Waals surface area contributed by atoms with Gasteiger partial charge in [0.1, 0.15) is 0 Å². The Morgan fingerprint density at radius 1 is 1.27 bits per heavy atom. The molecule has 0 aliphatic rings. The number of nitrogens with two attached hydrogens (primary N) is 1. The van der Waals surface area contributed by atoms with Gasteiger partial charge in [0.25, 0.3) is 0 Å². The van der Waals surface area contributed by atoms with Crippen molar-refractivity contribution in [1.82, 2.24) is 0 Å². The SMILES string of the molecule is CCCCCCSc1cc(N)ccc1Cl. The topological polar surface area (TPSA) is 26.0 Å². The smallest absolute Gasteiger partial charge is 0.0543 e. The van der Waals surface area contributed by atoms with E-state index in [2.05, 4.69) is 6.92 Å². The van der Waals surface area contributed by atoms with Crippen molar-refractivity contribution in [2.45, 2.75) is 37.5 Å². The molecule has 0 radical (unpaired) electrons. The predicted octanol–water partition coefficient (Wildman–Crippen LogP) is 4.59. The van der Waals surface area contributed by atoms with Crippen LogP contribution in [0.15, 0.2) is 23.1 Å². The number of thioether (sulfide) groups is 1. The molecule has 84 valence electrons. The van der Waals surface area contributed by atoms with E-state index in [4.69, 9.17) is 17.3 Å². The minimum atomic E-state index is 0.787. The van der Waals surface area contributed by atoms with Crippen LogP contribution < -0.4 is 5.73 Å². The molecule has 2 N–H and O–H groups in total. The summed E-state index contributed by atoms with van der Waals surface area (Å²) >= 11 is 7.86. The number of hydrogen-bond donors (Lipinski definition) is 1. The van der Waals surface area contributed by atoms with Crippen molar-refractivity contribution in [3.05, 3.63) is 23.2 Å². The fourth-order valence-corrected chi connectivity index (χ4v) is 2.62. The summed E-state index contributed by atoms with van der Waals surface area (Å²) in [5.74, 6) is 1.13. The fourth-order valence-electron chi connectivity index (χ4n) is 1.34. The van der Waals surface area contributed by atoms with Crippen LogP contribution in [0.3, 0.4) is 0 Å². The van der Waals surface area contributed by atoms with Gasteiger partial charge < -0.3 is 5.73 Å². The molecule has 0 amide bonds. The first kappa shape index (κ1) is 12.7. The van der Waals surface area contributed by atoms with Gasteiger partial charge in [-0.2, -0.15) is 0 Å². The van der Waals surface area contributed by atoms with Gasteiger partial charge in [-0.15, -0.1) is 11.8 Å². The lowest BCUT2D eigenvalue weighted by atomic mass is 10.2. The molecule has 0 atom stereocenters. The Labute approximate surface area is 101 Å². The zero-order valence-electron chi connectivity index (χ0n) is 9.13. The van der Waals surface area contributed by atoms with Gasteiger partial charge in [-0.05, 0) is 30.4 Å². The Hall–Kier alpha value is -0.340. The summed E-state index contributed by atoms with van der Waals surface area (Å²) in [4.78, 5) is 1.10.